The normalized spacial score (nSPS) is 16.0. The lowest BCUT2D eigenvalue weighted by atomic mass is 9.99. The molecule has 2 aromatic carbocycles. The van der Waals surface area contributed by atoms with E-state index in [4.69, 9.17) is 4.74 Å². The Morgan fingerprint density at radius 1 is 1.06 bits per heavy atom. The van der Waals surface area contributed by atoms with Gasteiger partial charge in [-0.05, 0) is 71.6 Å². The maximum atomic E-state index is 13.5. The number of pyridine rings is 1. The summed E-state index contributed by atoms with van der Waals surface area (Å²) in [6.45, 7) is 8.07. The molecule has 0 unspecified atom stereocenters. The van der Waals surface area contributed by atoms with E-state index < -0.39 is 0 Å². The predicted octanol–water partition coefficient (Wildman–Crippen LogP) is 2.53. The smallest absolute Gasteiger partial charge is 0.253 e. The first kappa shape index (κ1) is 23.2. The Kier molecular flexibility index (Phi) is 6.36. The Labute approximate surface area is 204 Å². The van der Waals surface area contributed by atoms with Crippen molar-refractivity contribution in [2.75, 3.05) is 40.3 Å². The summed E-state index contributed by atoms with van der Waals surface area (Å²) < 4.78 is 7.08. The predicted molar refractivity (Wildman–Crippen MR) is 135 cm³/mol. The van der Waals surface area contributed by atoms with Crippen molar-refractivity contribution in [3.05, 3.63) is 80.9 Å². The van der Waals surface area contributed by atoms with Crippen LogP contribution in [0.1, 0.15) is 34.1 Å². The SMILES string of the molecule is COc1ccc(Cn2nnnc2[C@@H](c2cc3ccc(C)c(C)c3[nH]c2=O)N2CCN(C)CC2)cc1. The summed E-state index contributed by atoms with van der Waals surface area (Å²) in [5.41, 5.74) is 4.74. The Balaban J connectivity index is 1.59. The van der Waals surface area contributed by atoms with Gasteiger partial charge >= 0.3 is 0 Å². The lowest BCUT2D eigenvalue weighted by Crippen LogP contribution is -2.47. The molecule has 4 aromatic rings. The average Bonchev–Trinajstić information content (AvgIpc) is 3.31. The van der Waals surface area contributed by atoms with E-state index in [1.54, 1.807) is 11.8 Å². The number of tetrazole rings is 1. The van der Waals surface area contributed by atoms with Gasteiger partial charge in [-0.25, -0.2) is 4.68 Å². The van der Waals surface area contributed by atoms with Crippen LogP contribution in [0.15, 0.2) is 47.3 Å². The van der Waals surface area contributed by atoms with Gasteiger partial charge in [-0.3, -0.25) is 9.69 Å². The number of fused-ring (bicyclic) bond motifs is 1. The lowest BCUT2D eigenvalue weighted by Gasteiger charge is -2.37. The van der Waals surface area contributed by atoms with Crippen molar-refractivity contribution in [2.45, 2.75) is 26.4 Å². The highest BCUT2D eigenvalue weighted by atomic mass is 16.5. The molecule has 3 heterocycles. The molecule has 0 spiro atoms. The minimum absolute atomic E-state index is 0.103. The zero-order valence-electron chi connectivity index (χ0n) is 20.7. The fraction of sp³-hybridized carbons (Fsp3) is 0.385. The molecule has 0 bridgehead atoms. The number of hydrogen-bond acceptors (Lipinski definition) is 7. The van der Waals surface area contributed by atoms with Crippen LogP contribution in [0.4, 0.5) is 0 Å². The van der Waals surface area contributed by atoms with E-state index in [9.17, 15) is 4.79 Å². The fourth-order valence-electron chi connectivity index (χ4n) is 4.75. The average molecular weight is 474 g/mol. The van der Waals surface area contributed by atoms with Crippen molar-refractivity contribution in [2.24, 2.45) is 0 Å². The topological polar surface area (TPSA) is 92.2 Å². The third-order valence-corrected chi connectivity index (χ3v) is 7.07. The van der Waals surface area contributed by atoms with Crippen LogP contribution < -0.4 is 10.3 Å². The zero-order chi connectivity index (χ0) is 24.5. The highest BCUT2D eigenvalue weighted by Gasteiger charge is 2.32. The summed E-state index contributed by atoms with van der Waals surface area (Å²) >= 11 is 0. The molecular weight excluding hydrogens is 442 g/mol. The Morgan fingerprint density at radius 3 is 2.51 bits per heavy atom. The second-order valence-corrected chi connectivity index (χ2v) is 9.31. The number of aromatic nitrogens is 5. The highest BCUT2D eigenvalue weighted by Crippen LogP contribution is 2.29. The largest absolute Gasteiger partial charge is 0.497 e. The van der Waals surface area contributed by atoms with Crippen LogP contribution in [0.2, 0.25) is 0 Å². The number of piperazine rings is 1. The van der Waals surface area contributed by atoms with Gasteiger partial charge in [0.25, 0.3) is 5.56 Å². The van der Waals surface area contributed by atoms with Gasteiger partial charge in [-0.2, -0.15) is 0 Å². The van der Waals surface area contributed by atoms with Gasteiger partial charge in [0.15, 0.2) is 5.82 Å². The minimum Gasteiger partial charge on any atom is -0.497 e. The molecule has 5 rings (SSSR count). The first-order valence-corrected chi connectivity index (χ1v) is 11.9. The van der Waals surface area contributed by atoms with Crippen LogP contribution in [0, 0.1) is 13.8 Å². The summed E-state index contributed by atoms with van der Waals surface area (Å²) in [5.74, 6) is 1.47. The summed E-state index contributed by atoms with van der Waals surface area (Å²) in [5, 5.41) is 13.8. The molecule has 0 radical (unpaired) electrons. The summed E-state index contributed by atoms with van der Waals surface area (Å²) in [6, 6.07) is 13.7. The first-order chi connectivity index (χ1) is 16.9. The van der Waals surface area contributed by atoms with Crippen molar-refractivity contribution in [1.29, 1.82) is 0 Å². The van der Waals surface area contributed by atoms with Crippen LogP contribution in [-0.4, -0.2) is 75.3 Å². The van der Waals surface area contributed by atoms with Crippen LogP contribution >= 0.6 is 0 Å². The van der Waals surface area contributed by atoms with Crippen LogP contribution in [0.5, 0.6) is 5.75 Å². The van der Waals surface area contributed by atoms with Crippen molar-refractivity contribution in [3.63, 3.8) is 0 Å². The van der Waals surface area contributed by atoms with Gasteiger partial charge in [0.05, 0.1) is 19.2 Å². The molecule has 2 aromatic heterocycles. The number of likely N-dealkylation sites (N-methyl/N-ethyl adjacent to an activating group) is 1. The molecular formula is C26H31N7O2. The van der Waals surface area contributed by atoms with E-state index in [2.05, 4.69) is 56.4 Å². The Morgan fingerprint density at radius 2 is 1.80 bits per heavy atom. The number of nitrogens with one attached hydrogen (secondary N) is 1. The molecule has 182 valence electrons. The number of rotatable bonds is 6. The van der Waals surface area contributed by atoms with Gasteiger partial charge in [0.2, 0.25) is 0 Å². The second-order valence-electron chi connectivity index (χ2n) is 9.31. The number of aryl methyl sites for hydroxylation is 2. The van der Waals surface area contributed by atoms with Crippen LogP contribution in [0.3, 0.4) is 0 Å². The maximum absolute atomic E-state index is 13.5. The van der Waals surface area contributed by atoms with Crippen molar-refractivity contribution in [1.82, 2.24) is 35.0 Å². The lowest BCUT2D eigenvalue weighted by molar-refractivity contribution is 0.121. The standard InChI is InChI=1S/C26H31N7O2/c1-17-5-8-20-15-22(26(34)27-23(20)18(17)2)24(32-13-11-31(3)12-14-32)25-28-29-30-33(25)16-19-6-9-21(35-4)10-7-19/h5-10,15,24H,11-14,16H2,1-4H3,(H,27,34)/t24-/m1/s1. The van der Waals surface area contributed by atoms with Crippen molar-refractivity contribution >= 4 is 10.9 Å². The summed E-state index contributed by atoms with van der Waals surface area (Å²) in [6.07, 6.45) is 0. The zero-order valence-corrected chi connectivity index (χ0v) is 20.7. The number of methoxy groups -OCH3 is 1. The quantitative estimate of drug-likeness (QED) is 0.460. The van der Waals surface area contributed by atoms with Gasteiger partial charge in [-0.15, -0.1) is 5.10 Å². The minimum atomic E-state index is -0.355. The van der Waals surface area contributed by atoms with E-state index in [-0.39, 0.29) is 11.6 Å². The van der Waals surface area contributed by atoms with Crippen molar-refractivity contribution in [3.8, 4) is 5.75 Å². The molecule has 0 amide bonds. The Bertz CT molecular complexity index is 1390. The molecule has 0 aliphatic carbocycles. The molecule has 9 heteroatoms. The maximum Gasteiger partial charge on any atom is 0.253 e. The number of benzene rings is 2. The monoisotopic (exact) mass is 473 g/mol. The summed E-state index contributed by atoms with van der Waals surface area (Å²) in [4.78, 5) is 21.3. The van der Waals surface area contributed by atoms with E-state index in [0.717, 1.165) is 59.5 Å². The third kappa shape index (κ3) is 4.56. The van der Waals surface area contributed by atoms with Gasteiger partial charge in [-0.1, -0.05) is 24.3 Å². The number of hydrogen-bond donors (Lipinski definition) is 1. The molecule has 9 nitrogen and oxygen atoms in total. The van der Waals surface area contributed by atoms with E-state index >= 15 is 0 Å². The number of H-pyrrole nitrogens is 1. The molecule has 0 saturated carbocycles. The van der Waals surface area contributed by atoms with Crippen LogP contribution in [0.25, 0.3) is 10.9 Å². The summed E-state index contributed by atoms with van der Waals surface area (Å²) in [7, 11) is 3.77. The van der Waals surface area contributed by atoms with Gasteiger partial charge in [0, 0.05) is 31.7 Å². The second kappa shape index (κ2) is 9.59. The van der Waals surface area contributed by atoms with E-state index in [1.165, 1.54) is 0 Å². The van der Waals surface area contributed by atoms with Crippen LogP contribution in [-0.2, 0) is 6.54 Å². The molecule has 1 atom stereocenters. The molecule has 1 fully saturated rings. The molecule has 35 heavy (non-hydrogen) atoms. The fourth-order valence-corrected chi connectivity index (χ4v) is 4.75. The van der Waals surface area contributed by atoms with Crippen molar-refractivity contribution < 1.29 is 4.74 Å². The first-order valence-electron chi connectivity index (χ1n) is 11.9. The highest BCUT2D eigenvalue weighted by molar-refractivity contribution is 5.83. The number of ether oxygens (including phenoxy) is 1. The third-order valence-electron chi connectivity index (χ3n) is 7.07. The number of nitrogens with zero attached hydrogens (tertiary/aromatic N) is 6. The molecule has 1 N–H and O–H groups in total. The molecule has 1 aliphatic rings. The van der Waals surface area contributed by atoms with E-state index in [1.807, 2.05) is 37.3 Å². The van der Waals surface area contributed by atoms with Gasteiger partial charge < -0.3 is 14.6 Å². The van der Waals surface area contributed by atoms with Gasteiger partial charge in [0.1, 0.15) is 11.8 Å². The van der Waals surface area contributed by atoms with E-state index in [0.29, 0.717) is 17.9 Å². The molecule has 1 saturated heterocycles. The molecule has 1 aliphatic heterocycles. The number of aromatic amines is 1. The Hall–Kier alpha value is -3.56.